The van der Waals surface area contributed by atoms with E-state index in [4.69, 9.17) is 22.2 Å². The number of carbonyl (C=O) groups excluding carboxylic acids is 2. The van der Waals surface area contributed by atoms with Gasteiger partial charge in [-0.05, 0) is 28.8 Å². The Hall–Kier alpha value is -3.92. The first-order valence-electron chi connectivity index (χ1n) is 11.9. The van der Waals surface area contributed by atoms with E-state index in [0.29, 0.717) is 17.1 Å². The minimum Gasteiger partial charge on any atom is -0.469 e. The predicted octanol–water partition coefficient (Wildman–Crippen LogP) is 3.82. The number of aromatic amines is 1. The number of β-lactam (4-membered cyclic amide) rings is 1. The first kappa shape index (κ1) is 26.7. The van der Waals surface area contributed by atoms with Crippen LogP contribution in [0.3, 0.4) is 0 Å². The second kappa shape index (κ2) is 12.3. The van der Waals surface area contributed by atoms with E-state index in [1.165, 1.54) is 29.6 Å². The molecule has 2 aliphatic rings. The van der Waals surface area contributed by atoms with Crippen LogP contribution in [0.5, 0.6) is 0 Å². The largest absolute Gasteiger partial charge is 0.469 e. The average Bonchev–Trinajstić information content (AvgIpc) is 3.52. The number of ether oxygens (including phenoxy) is 1. The molecule has 1 fully saturated rings. The zero-order valence-corrected chi connectivity index (χ0v) is 22.8. The summed E-state index contributed by atoms with van der Waals surface area (Å²) in [5.41, 5.74) is 3.59. The summed E-state index contributed by atoms with van der Waals surface area (Å²) in [7, 11) is 0. The van der Waals surface area contributed by atoms with E-state index < -0.39 is 12.1 Å². The number of fused-ring (bicyclic) bond motifs is 1. The Kier molecular flexibility index (Phi) is 8.41. The van der Waals surface area contributed by atoms with Gasteiger partial charge in [-0.25, -0.2) is 0 Å². The molecule has 39 heavy (non-hydrogen) atoms. The van der Waals surface area contributed by atoms with Crippen LogP contribution in [0.4, 0.5) is 0 Å². The van der Waals surface area contributed by atoms with Crippen molar-refractivity contribution in [2.75, 3.05) is 11.5 Å². The van der Waals surface area contributed by atoms with E-state index in [2.05, 4.69) is 20.7 Å². The van der Waals surface area contributed by atoms with Crippen LogP contribution in [0.25, 0.3) is 5.57 Å². The number of hydrogen-bond donors (Lipinski definition) is 2. The molecule has 2 amide bonds. The molecule has 1 saturated heterocycles. The second-order valence-corrected chi connectivity index (χ2v) is 10.9. The molecule has 0 saturated carbocycles. The first-order valence-corrected chi connectivity index (χ1v) is 14.4. The second-order valence-electron chi connectivity index (χ2n) is 8.49. The van der Waals surface area contributed by atoms with Gasteiger partial charge < -0.3 is 10.1 Å². The molecule has 196 valence electrons. The molecule has 2 atom stereocenters. The van der Waals surface area contributed by atoms with Crippen LogP contribution >= 0.6 is 35.7 Å². The number of H-pyrrole nitrogens is 1. The number of thioether (sulfide) groups is 2. The lowest BCUT2D eigenvalue weighted by molar-refractivity contribution is -0.145. The molecule has 5 rings (SSSR count). The normalized spacial score (nSPS) is 18.5. The van der Waals surface area contributed by atoms with E-state index in [1.807, 2.05) is 66.7 Å². The number of aromatic nitrogens is 3. The monoisotopic (exact) mass is 574 g/mol. The van der Waals surface area contributed by atoms with E-state index >= 15 is 0 Å². The van der Waals surface area contributed by atoms with Gasteiger partial charge in [-0.15, -0.1) is 23.5 Å². The summed E-state index contributed by atoms with van der Waals surface area (Å²) in [6.45, 7) is 0. The van der Waals surface area contributed by atoms with Crippen molar-refractivity contribution in [3.63, 3.8) is 0 Å². The smallest absolute Gasteiger partial charge is 0.253 e. The molecule has 12 heteroatoms. The fourth-order valence-electron chi connectivity index (χ4n) is 4.32. The average molecular weight is 575 g/mol. The number of thiocarbonyl (C=S) groups is 1. The molecule has 0 aliphatic carbocycles. The Labute approximate surface area is 238 Å². The Morgan fingerprint density at radius 1 is 1.26 bits per heavy atom. The summed E-state index contributed by atoms with van der Waals surface area (Å²) in [6.07, 6.45) is 2.39. The van der Waals surface area contributed by atoms with E-state index in [-0.39, 0.29) is 28.0 Å². The third-order valence-corrected chi connectivity index (χ3v) is 8.41. The van der Waals surface area contributed by atoms with Crippen LogP contribution in [0.1, 0.15) is 22.9 Å². The summed E-state index contributed by atoms with van der Waals surface area (Å²) in [5, 5.41) is 23.5. The van der Waals surface area contributed by atoms with Crippen molar-refractivity contribution < 1.29 is 14.3 Å². The number of amides is 2. The molecule has 0 spiro atoms. The molecule has 0 bridgehead atoms. The number of rotatable bonds is 9. The van der Waals surface area contributed by atoms with Crippen molar-refractivity contribution in [3.05, 3.63) is 101 Å². The predicted molar refractivity (Wildman–Crippen MR) is 154 cm³/mol. The molecule has 3 heterocycles. The van der Waals surface area contributed by atoms with Crippen LogP contribution < -0.4 is 5.32 Å². The molecular formula is C27H22N6O3S3. The first-order chi connectivity index (χ1) is 19.1. The van der Waals surface area contributed by atoms with Crippen molar-refractivity contribution in [1.82, 2.24) is 25.6 Å². The zero-order valence-electron chi connectivity index (χ0n) is 20.4. The molecular weight excluding hydrogens is 553 g/mol. The van der Waals surface area contributed by atoms with Gasteiger partial charge in [-0.3, -0.25) is 14.5 Å². The SMILES string of the molecule is N#C/C=C\SCC(=O)N[C@@H]1C(=O)N2C(C(=S)OC(c3ccccc3)c3ccccc3)=C(c3cn[nH]n3)CS[C@H]12. The number of benzene rings is 2. The Morgan fingerprint density at radius 3 is 2.56 bits per heavy atom. The van der Waals surface area contributed by atoms with Crippen LogP contribution in [0, 0.1) is 11.3 Å². The van der Waals surface area contributed by atoms with Crippen molar-refractivity contribution in [3.8, 4) is 6.07 Å². The summed E-state index contributed by atoms with van der Waals surface area (Å²) in [5.74, 6) is 0.0219. The molecule has 2 aliphatic heterocycles. The maximum Gasteiger partial charge on any atom is 0.253 e. The van der Waals surface area contributed by atoms with Gasteiger partial charge in [-0.2, -0.15) is 20.7 Å². The van der Waals surface area contributed by atoms with Gasteiger partial charge in [0.25, 0.3) is 5.91 Å². The number of hydrogen-bond acceptors (Lipinski definition) is 9. The summed E-state index contributed by atoms with van der Waals surface area (Å²) >= 11 is 8.55. The molecule has 2 N–H and O–H groups in total. The van der Waals surface area contributed by atoms with Gasteiger partial charge in [0.1, 0.15) is 28.9 Å². The molecule has 9 nitrogen and oxygen atoms in total. The lowest BCUT2D eigenvalue weighted by Gasteiger charge is -2.50. The van der Waals surface area contributed by atoms with Gasteiger partial charge in [0.2, 0.25) is 11.0 Å². The topological polar surface area (TPSA) is 124 Å². The number of nitriles is 1. The van der Waals surface area contributed by atoms with Gasteiger partial charge in [-0.1, -0.05) is 60.7 Å². The van der Waals surface area contributed by atoms with E-state index in [9.17, 15) is 9.59 Å². The highest BCUT2D eigenvalue weighted by Crippen LogP contribution is 2.44. The van der Waals surface area contributed by atoms with Crippen LogP contribution in [-0.2, 0) is 14.3 Å². The molecule has 1 aromatic heterocycles. The van der Waals surface area contributed by atoms with E-state index in [1.54, 1.807) is 16.5 Å². The van der Waals surface area contributed by atoms with Crippen molar-refractivity contribution in [1.29, 1.82) is 5.26 Å². The maximum absolute atomic E-state index is 13.4. The zero-order chi connectivity index (χ0) is 27.2. The highest BCUT2D eigenvalue weighted by atomic mass is 32.2. The molecule has 3 aromatic rings. The number of nitrogens with zero attached hydrogens (tertiary/aromatic N) is 4. The Balaban J connectivity index is 1.42. The van der Waals surface area contributed by atoms with Crippen LogP contribution in [0.2, 0.25) is 0 Å². The maximum atomic E-state index is 13.4. The third-order valence-electron chi connectivity index (χ3n) is 6.09. The summed E-state index contributed by atoms with van der Waals surface area (Å²) < 4.78 is 6.47. The minimum absolute atomic E-state index is 0.101. The van der Waals surface area contributed by atoms with Crippen LogP contribution in [0.15, 0.2) is 84.0 Å². The van der Waals surface area contributed by atoms with Gasteiger partial charge in [0.15, 0.2) is 0 Å². The van der Waals surface area contributed by atoms with Crippen molar-refractivity contribution in [2.45, 2.75) is 17.5 Å². The standard InChI is InChI=1S/C27H22N6O3S3/c28-12-7-13-38-16-21(34)30-22-25(35)33-23(19(15-39-26(22)33)20-14-29-32-31-20)27(37)36-24(17-8-3-1-4-9-17)18-10-5-2-6-11-18/h1-11,13-14,22,24,26H,15-16H2,(H,30,34)(H,29,31,32)/b13-7-/t22-,26-/m1/s1. The lowest BCUT2D eigenvalue weighted by Crippen LogP contribution is -2.70. The minimum atomic E-state index is -0.696. The fraction of sp³-hybridized carbons (Fsp3) is 0.185. The number of carbonyl (C=O) groups is 2. The van der Waals surface area contributed by atoms with Crippen molar-refractivity contribution >= 4 is 58.2 Å². The van der Waals surface area contributed by atoms with Gasteiger partial charge in [0, 0.05) is 17.4 Å². The van der Waals surface area contributed by atoms with E-state index in [0.717, 1.165) is 16.7 Å². The lowest BCUT2D eigenvalue weighted by atomic mass is 10.0. The molecule has 0 unspecified atom stereocenters. The summed E-state index contributed by atoms with van der Waals surface area (Å²) in [4.78, 5) is 27.4. The highest BCUT2D eigenvalue weighted by molar-refractivity contribution is 8.02. The number of nitrogens with one attached hydrogen (secondary N) is 2. The Morgan fingerprint density at radius 2 is 1.95 bits per heavy atom. The highest BCUT2D eigenvalue weighted by Gasteiger charge is 2.54. The van der Waals surface area contributed by atoms with Gasteiger partial charge >= 0.3 is 0 Å². The third kappa shape index (κ3) is 5.75. The Bertz CT molecular complexity index is 1420. The molecule has 2 aromatic carbocycles. The fourth-order valence-corrected chi connectivity index (χ4v) is 6.48. The number of allylic oxidation sites excluding steroid dienone is 1. The molecule has 0 radical (unpaired) electrons. The van der Waals surface area contributed by atoms with Gasteiger partial charge in [0.05, 0.1) is 18.0 Å². The summed E-state index contributed by atoms with van der Waals surface area (Å²) in [6, 6.07) is 20.7. The van der Waals surface area contributed by atoms with Crippen molar-refractivity contribution in [2.24, 2.45) is 0 Å². The van der Waals surface area contributed by atoms with Crippen LogP contribution in [-0.4, -0.2) is 60.1 Å². The quantitative estimate of drug-likeness (QED) is 0.223.